The first-order valence-corrected chi connectivity index (χ1v) is 6.92. The van der Waals surface area contributed by atoms with Crippen LogP contribution in [0.3, 0.4) is 0 Å². The van der Waals surface area contributed by atoms with Gasteiger partial charge < -0.3 is 9.64 Å². The van der Waals surface area contributed by atoms with E-state index in [9.17, 15) is 4.79 Å². The lowest BCUT2D eigenvalue weighted by atomic mass is 9.73. The summed E-state index contributed by atoms with van der Waals surface area (Å²) in [5.74, 6) is 0.0602. The number of carbonyl (C=O) groups excluding carboxylic acids is 1. The van der Waals surface area contributed by atoms with Gasteiger partial charge in [0.15, 0.2) is 0 Å². The summed E-state index contributed by atoms with van der Waals surface area (Å²) in [6.07, 6.45) is 0.846. The Kier molecular flexibility index (Phi) is 3.95. The van der Waals surface area contributed by atoms with Crippen molar-refractivity contribution in [2.24, 2.45) is 5.92 Å². The third kappa shape index (κ3) is 2.52. The van der Waals surface area contributed by atoms with E-state index in [4.69, 9.17) is 4.74 Å². The second kappa shape index (κ2) is 5.33. The highest BCUT2D eigenvalue weighted by Crippen LogP contribution is 2.43. The van der Waals surface area contributed by atoms with Gasteiger partial charge in [0.25, 0.3) is 0 Å². The molecule has 1 fully saturated rings. The fraction of sp³-hybridized carbons (Fsp3) is 0.562. The minimum absolute atomic E-state index is 0.201. The Labute approximate surface area is 115 Å². The molecule has 104 valence electrons. The molecule has 0 unspecified atom stereocenters. The van der Waals surface area contributed by atoms with Gasteiger partial charge in [-0.15, -0.1) is 0 Å². The van der Waals surface area contributed by atoms with Gasteiger partial charge in [0.05, 0.1) is 0 Å². The molecule has 0 aliphatic carbocycles. The lowest BCUT2D eigenvalue weighted by molar-refractivity contribution is -0.176. The van der Waals surface area contributed by atoms with Crippen molar-refractivity contribution in [3.8, 4) is 0 Å². The first kappa shape index (κ1) is 14.1. The topological polar surface area (TPSA) is 29.5 Å². The van der Waals surface area contributed by atoms with Crippen molar-refractivity contribution in [2.75, 3.05) is 13.6 Å². The highest BCUT2D eigenvalue weighted by molar-refractivity contribution is 5.67. The average Bonchev–Trinajstić information content (AvgIpc) is 2.40. The normalized spacial score (nSPS) is 32.0. The Morgan fingerprint density at radius 3 is 2.53 bits per heavy atom. The molecule has 0 saturated carbocycles. The first-order valence-electron chi connectivity index (χ1n) is 6.92. The quantitative estimate of drug-likeness (QED) is 0.767. The zero-order chi connectivity index (χ0) is 14.0. The Morgan fingerprint density at radius 2 is 1.95 bits per heavy atom. The molecule has 0 N–H and O–H groups in total. The van der Waals surface area contributed by atoms with Gasteiger partial charge >= 0.3 is 5.97 Å². The molecular formula is C16H23NO2. The van der Waals surface area contributed by atoms with Crippen LogP contribution in [0, 0.1) is 5.92 Å². The molecule has 3 heteroatoms. The Bertz CT molecular complexity index is 445. The van der Waals surface area contributed by atoms with E-state index < -0.39 is 5.60 Å². The number of carbonyl (C=O) groups is 1. The molecule has 1 aliphatic heterocycles. The fourth-order valence-electron chi connectivity index (χ4n) is 3.13. The van der Waals surface area contributed by atoms with Gasteiger partial charge in [-0.25, -0.2) is 0 Å². The van der Waals surface area contributed by atoms with Crippen molar-refractivity contribution in [1.29, 1.82) is 0 Å². The molecule has 19 heavy (non-hydrogen) atoms. The van der Waals surface area contributed by atoms with E-state index in [2.05, 4.69) is 37.9 Å². The van der Waals surface area contributed by atoms with Crippen molar-refractivity contribution < 1.29 is 9.53 Å². The van der Waals surface area contributed by atoms with Gasteiger partial charge in [0, 0.05) is 31.8 Å². The molecule has 2 rings (SSSR count). The minimum Gasteiger partial charge on any atom is -0.454 e. The number of piperidine rings is 1. The third-order valence-electron chi connectivity index (χ3n) is 4.58. The zero-order valence-electron chi connectivity index (χ0n) is 12.2. The first-order chi connectivity index (χ1) is 8.97. The van der Waals surface area contributed by atoms with Gasteiger partial charge in [0.1, 0.15) is 5.60 Å². The Balaban J connectivity index is 2.43. The number of benzene rings is 1. The molecule has 0 spiro atoms. The Hall–Kier alpha value is -1.35. The van der Waals surface area contributed by atoms with E-state index in [0.29, 0.717) is 6.04 Å². The summed E-state index contributed by atoms with van der Waals surface area (Å²) < 4.78 is 5.83. The van der Waals surface area contributed by atoms with E-state index in [-0.39, 0.29) is 11.9 Å². The number of nitrogens with zero attached hydrogens (tertiary/aromatic N) is 1. The van der Waals surface area contributed by atoms with Gasteiger partial charge in [-0.1, -0.05) is 37.3 Å². The van der Waals surface area contributed by atoms with E-state index in [1.807, 2.05) is 18.2 Å². The summed E-state index contributed by atoms with van der Waals surface area (Å²) in [6, 6.07) is 10.5. The predicted molar refractivity (Wildman–Crippen MR) is 75.8 cm³/mol. The molecule has 1 aliphatic rings. The highest BCUT2D eigenvalue weighted by atomic mass is 16.6. The van der Waals surface area contributed by atoms with E-state index in [1.165, 1.54) is 6.92 Å². The van der Waals surface area contributed by atoms with Gasteiger partial charge in [0.2, 0.25) is 0 Å². The number of rotatable bonds is 2. The largest absolute Gasteiger partial charge is 0.454 e. The van der Waals surface area contributed by atoms with E-state index in [1.54, 1.807) is 0 Å². The standard InChI is InChI=1S/C16H23NO2/c1-12-13(2)17(4)11-10-16(12,19-14(3)18)15-8-6-5-7-9-15/h5-9,12-13H,10-11H2,1-4H3/t12-,13+,16-/m1/s1. The van der Waals surface area contributed by atoms with Crippen molar-refractivity contribution in [3.05, 3.63) is 35.9 Å². The van der Waals surface area contributed by atoms with Crippen LogP contribution in [-0.4, -0.2) is 30.5 Å². The minimum atomic E-state index is -0.487. The maximum atomic E-state index is 11.6. The summed E-state index contributed by atoms with van der Waals surface area (Å²) in [5.41, 5.74) is 0.622. The van der Waals surface area contributed by atoms with Crippen LogP contribution < -0.4 is 0 Å². The molecule has 0 bridgehead atoms. The number of ether oxygens (including phenoxy) is 1. The Morgan fingerprint density at radius 1 is 1.32 bits per heavy atom. The maximum Gasteiger partial charge on any atom is 0.303 e. The number of esters is 1. The smallest absolute Gasteiger partial charge is 0.303 e. The van der Waals surface area contributed by atoms with Crippen molar-refractivity contribution in [3.63, 3.8) is 0 Å². The van der Waals surface area contributed by atoms with Crippen molar-refractivity contribution >= 4 is 5.97 Å². The predicted octanol–water partition coefficient (Wildman–Crippen LogP) is 2.81. The molecule has 1 aromatic rings. The summed E-state index contributed by atoms with van der Waals surface area (Å²) in [4.78, 5) is 13.9. The zero-order valence-corrected chi connectivity index (χ0v) is 12.2. The lowest BCUT2D eigenvalue weighted by Gasteiger charge is -2.49. The summed E-state index contributed by atoms with van der Waals surface area (Å²) in [6.45, 7) is 6.81. The van der Waals surface area contributed by atoms with Crippen LogP contribution in [0.5, 0.6) is 0 Å². The van der Waals surface area contributed by atoms with Crippen LogP contribution in [0.25, 0.3) is 0 Å². The number of hydrogen-bond acceptors (Lipinski definition) is 3. The SMILES string of the molecule is CC(=O)O[C@]1(c2ccccc2)CCN(C)[C@@H](C)[C@H]1C. The second-order valence-corrected chi connectivity index (χ2v) is 5.61. The van der Waals surface area contributed by atoms with Gasteiger partial charge in [-0.05, 0) is 19.5 Å². The molecule has 0 aromatic heterocycles. The summed E-state index contributed by atoms with van der Waals surface area (Å²) in [7, 11) is 2.13. The molecular weight excluding hydrogens is 238 g/mol. The molecule has 0 radical (unpaired) electrons. The van der Waals surface area contributed by atoms with Crippen LogP contribution in [-0.2, 0) is 15.1 Å². The van der Waals surface area contributed by atoms with Crippen molar-refractivity contribution in [2.45, 2.75) is 38.8 Å². The average molecular weight is 261 g/mol. The summed E-state index contributed by atoms with van der Waals surface area (Å²) in [5, 5.41) is 0. The van der Waals surface area contributed by atoms with Crippen LogP contribution >= 0.6 is 0 Å². The van der Waals surface area contributed by atoms with E-state index in [0.717, 1.165) is 18.5 Å². The van der Waals surface area contributed by atoms with Crippen LogP contribution in [0.1, 0.15) is 32.8 Å². The van der Waals surface area contributed by atoms with E-state index >= 15 is 0 Å². The van der Waals surface area contributed by atoms with Crippen molar-refractivity contribution in [1.82, 2.24) is 4.90 Å². The van der Waals surface area contributed by atoms with Gasteiger partial charge in [-0.3, -0.25) is 4.79 Å². The highest BCUT2D eigenvalue weighted by Gasteiger charge is 2.47. The molecule has 1 aromatic carbocycles. The molecule has 1 saturated heterocycles. The van der Waals surface area contributed by atoms with Gasteiger partial charge in [-0.2, -0.15) is 0 Å². The second-order valence-electron chi connectivity index (χ2n) is 5.61. The maximum absolute atomic E-state index is 11.6. The summed E-state index contributed by atoms with van der Waals surface area (Å²) >= 11 is 0. The number of likely N-dealkylation sites (tertiary alicyclic amines) is 1. The molecule has 3 nitrogen and oxygen atoms in total. The third-order valence-corrected chi connectivity index (χ3v) is 4.58. The molecule has 3 atom stereocenters. The molecule has 1 heterocycles. The van der Waals surface area contributed by atoms with Crippen LogP contribution in [0.2, 0.25) is 0 Å². The number of hydrogen-bond donors (Lipinski definition) is 0. The van der Waals surface area contributed by atoms with Crippen LogP contribution in [0.4, 0.5) is 0 Å². The lowest BCUT2D eigenvalue weighted by Crippen LogP contribution is -2.54. The van der Waals surface area contributed by atoms with Crippen LogP contribution in [0.15, 0.2) is 30.3 Å². The fourth-order valence-corrected chi connectivity index (χ4v) is 3.13. The monoisotopic (exact) mass is 261 g/mol. The molecule has 0 amide bonds.